The second-order valence-corrected chi connectivity index (χ2v) is 5.63. The molecule has 2 aromatic carbocycles. The lowest BCUT2D eigenvalue weighted by Crippen LogP contribution is -2.40. The van der Waals surface area contributed by atoms with E-state index in [0.29, 0.717) is 23.5 Å². The minimum atomic E-state index is -0.176. The van der Waals surface area contributed by atoms with Gasteiger partial charge in [0, 0.05) is 18.7 Å². The first-order valence-electron chi connectivity index (χ1n) is 7.95. The smallest absolute Gasteiger partial charge is 0.265 e. The van der Waals surface area contributed by atoms with E-state index in [1.54, 1.807) is 41.3 Å². The fourth-order valence-electron chi connectivity index (χ4n) is 2.63. The van der Waals surface area contributed by atoms with Crippen molar-refractivity contribution < 1.29 is 14.3 Å². The van der Waals surface area contributed by atoms with Crippen LogP contribution in [0.15, 0.2) is 48.5 Å². The van der Waals surface area contributed by atoms with Gasteiger partial charge in [-0.25, -0.2) is 0 Å². The van der Waals surface area contributed by atoms with E-state index in [0.717, 1.165) is 5.56 Å². The van der Waals surface area contributed by atoms with Crippen molar-refractivity contribution in [3.63, 3.8) is 0 Å². The molecule has 2 amide bonds. The Morgan fingerprint density at radius 3 is 2.72 bits per heavy atom. The Morgan fingerprint density at radius 1 is 1.20 bits per heavy atom. The predicted octanol–water partition coefficient (Wildman–Crippen LogP) is 2.51. The van der Waals surface area contributed by atoms with Crippen LogP contribution in [0.25, 0.3) is 0 Å². The summed E-state index contributed by atoms with van der Waals surface area (Å²) in [5.74, 6) is 0.313. The molecule has 1 aliphatic heterocycles. The zero-order valence-electron chi connectivity index (χ0n) is 13.6. The zero-order chi connectivity index (χ0) is 17.6. The van der Waals surface area contributed by atoms with Crippen LogP contribution in [-0.4, -0.2) is 25.0 Å². The molecule has 0 saturated carbocycles. The number of hydrogen-bond donors (Lipinski definition) is 1. The van der Waals surface area contributed by atoms with E-state index in [1.165, 1.54) is 0 Å². The topological polar surface area (TPSA) is 82.4 Å². The summed E-state index contributed by atoms with van der Waals surface area (Å²) in [7, 11) is 0. The molecule has 3 rings (SSSR count). The minimum Gasteiger partial charge on any atom is -0.482 e. The van der Waals surface area contributed by atoms with E-state index in [9.17, 15) is 9.59 Å². The number of carbonyl (C=O) groups excluding carboxylic acids is 2. The van der Waals surface area contributed by atoms with Gasteiger partial charge in [0.05, 0.1) is 18.2 Å². The van der Waals surface area contributed by atoms with E-state index in [1.807, 2.05) is 12.1 Å². The van der Waals surface area contributed by atoms with Crippen LogP contribution in [-0.2, 0) is 16.0 Å². The fourth-order valence-corrected chi connectivity index (χ4v) is 2.63. The van der Waals surface area contributed by atoms with Crippen molar-refractivity contribution in [1.82, 2.24) is 0 Å². The van der Waals surface area contributed by atoms with E-state index >= 15 is 0 Å². The number of ether oxygens (including phenoxy) is 1. The number of para-hydroxylation sites is 2. The summed E-state index contributed by atoms with van der Waals surface area (Å²) in [4.78, 5) is 25.8. The molecule has 0 fully saturated rings. The van der Waals surface area contributed by atoms with Gasteiger partial charge in [0.15, 0.2) is 6.61 Å². The van der Waals surface area contributed by atoms with Crippen LogP contribution in [0.5, 0.6) is 5.75 Å². The van der Waals surface area contributed by atoms with E-state index in [2.05, 4.69) is 11.4 Å². The van der Waals surface area contributed by atoms with Gasteiger partial charge >= 0.3 is 0 Å². The number of nitrogens with zero attached hydrogens (tertiary/aromatic N) is 2. The number of benzene rings is 2. The molecule has 1 aliphatic rings. The van der Waals surface area contributed by atoms with E-state index in [4.69, 9.17) is 10.00 Å². The van der Waals surface area contributed by atoms with Crippen LogP contribution in [0.2, 0.25) is 0 Å². The standard InChI is InChI=1S/C19H17N3O3/c20-11-9-14-5-7-15(8-6-14)21-18(23)10-12-22-16-3-1-2-4-17(16)25-13-19(22)24/h1-8H,9-10,12-13H2,(H,21,23). The molecule has 0 saturated heterocycles. The van der Waals surface area contributed by atoms with Gasteiger partial charge in [0.25, 0.3) is 5.91 Å². The monoisotopic (exact) mass is 335 g/mol. The van der Waals surface area contributed by atoms with Crippen LogP contribution < -0.4 is 15.0 Å². The van der Waals surface area contributed by atoms with Crippen LogP contribution >= 0.6 is 0 Å². The third kappa shape index (κ3) is 3.96. The third-order valence-corrected chi connectivity index (χ3v) is 3.89. The van der Waals surface area contributed by atoms with Gasteiger partial charge in [-0.15, -0.1) is 0 Å². The molecule has 0 aromatic heterocycles. The first kappa shape index (κ1) is 16.5. The Labute approximate surface area is 145 Å². The highest BCUT2D eigenvalue weighted by Gasteiger charge is 2.25. The van der Waals surface area contributed by atoms with Crippen LogP contribution in [0.4, 0.5) is 11.4 Å². The Hall–Kier alpha value is -3.33. The summed E-state index contributed by atoms with van der Waals surface area (Å²) in [5.41, 5.74) is 2.25. The largest absolute Gasteiger partial charge is 0.482 e. The molecule has 6 nitrogen and oxygen atoms in total. The zero-order valence-corrected chi connectivity index (χ0v) is 13.6. The number of anilines is 2. The maximum atomic E-state index is 12.2. The van der Waals surface area contributed by atoms with E-state index < -0.39 is 0 Å². The summed E-state index contributed by atoms with van der Waals surface area (Å²) in [6.07, 6.45) is 0.521. The van der Waals surface area contributed by atoms with Crippen molar-refractivity contribution in [3.8, 4) is 11.8 Å². The number of rotatable bonds is 5. The molecule has 126 valence electrons. The van der Waals surface area contributed by atoms with Crippen molar-refractivity contribution in [2.75, 3.05) is 23.4 Å². The van der Waals surface area contributed by atoms with Gasteiger partial charge in [-0.1, -0.05) is 24.3 Å². The summed E-state index contributed by atoms with van der Waals surface area (Å²) in [6, 6.07) is 16.5. The van der Waals surface area contributed by atoms with Gasteiger partial charge in [-0.2, -0.15) is 5.26 Å². The number of fused-ring (bicyclic) bond motifs is 1. The third-order valence-electron chi connectivity index (χ3n) is 3.89. The summed E-state index contributed by atoms with van der Waals surface area (Å²) in [5, 5.41) is 11.5. The SMILES string of the molecule is N#CCc1ccc(NC(=O)CCN2C(=O)COc3ccccc32)cc1. The van der Waals surface area contributed by atoms with Crippen molar-refractivity contribution in [1.29, 1.82) is 5.26 Å². The lowest BCUT2D eigenvalue weighted by Gasteiger charge is -2.29. The highest BCUT2D eigenvalue weighted by molar-refractivity contribution is 5.99. The Kier molecular flexibility index (Phi) is 4.95. The average Bonchev–Trinajstić information content (AvgIpc) is 2.63. The van der Waals surface area contributed by atoms with Crippen molar-refractivity contribution >= 4 is 23.2 Å². The lowest BCUT2D eigenvalue weighted by atomic mass is 10.1. The van der Waals surface area contributed by atoms with Gasteiger partial charge < -0.3 is 15.0 Å². The highest BCUT2D eigenvalue weighted by atomic mass is 16.5. The molecule has 0 atom stereocenters. The first-order valence-corrected chi connectivity index (χ1v) is 7.95. The van der Waals surface area contributed by atoms with Crippen LogP contribution in [0.3, 0.4) is 0 Å². The predicted molar refractivity (Wildman–Crippen MR) is 93.3 cm³/mol. The van der Waals surface area contributed by atoms with Gasteiger partial charge in [-0.05, 0) is 29.8 Å². The molecule has 0 spiro atoms. The molecule has 0 unspecified atom stereocenters. The Balaban J connectivity index is 1.59. The summed E-state index contributed by atoms with van der Waals surface area (Å²) < 4.78 is 5.38. The number of hydrogen-bond acceptors (Lipinski definition) is 4. The quantitative estimate of drug-likeness (QED) is 0.910. The van der Waals surface area contributed by atoms with Crippen LogP contribution in [0, 0.1) is 11.3 Å². The Bertz CT molecular complexity index is 825. The second kappa shape index (κ2) is 7.49. The molecule has 25 heavy (non-hydrogen) atoms. The molecule has 0 aliphatic carbocycles. The van der Waals surface area contributed by atoms with Crippen molar-refractivity contribution in [3.05, 3.63) is 54.1 Å². The molecule has 1 heterocycles. The molecule has 2 aromatic rings. The van der Waals surface area contributed by atoms with Gasteiger partial charge in [0.1, 0.15) is 5.75 Å². The molecule has 0 radical (unpaired) electrons. The average molecular weight is 335 g/mol. The fraction of sp³-hybridized carbons (Fsp3) is 0.211. The number of amides is 2. The molecular weight excluding hydrogens is 318 g/mol. The number of carbonyl (C=O) groups is 2. The van der Waals surface area contributed by atoms with E-state index in [-0.39, 0.29) is 31.4 Å². The van der Waals surface area contributed by atoms with Crippen molar-refractivity contribution in [2.24, 2.45) is 0 Å². The molecule has 6 heteroatoms. The minimum absolute atomic E-state index is 0.0149. The lowest BCUT2D eigenvalue weighted by molar-refractivity contribution is -0.121. The molecular formula is C19H17N3O3. The van der Waals surface area contributed by atoms with Crippen molar-refractivity contribution in [2.45, 2.75) is 12.8 Å². The Morgan fingerprint density at radius 2 is 1.96 bits per heavy atom. The number of nitriles is 1. The van der Waals surface area contributed by atoms with Gasteiger partial charge in [-0.3, -0.25) is 9.59 Å². The molecule has 1 N–H and O–H groups in total. The van der Waals surface area contributed by atoms with Gasteiger partial charge in [0.2, 0.25) is 5.91 Å². The first-order chi connectivity index (χ1) is 12.2. The maximum Gasteiger partial charge on any atom is 0.265 e. The number of nitrogens with one attached hydrogen (secondary N) is 1. The second-order valence-electron chi connectivity index (χ2n) is 5.63. The molecule has 0 bridgehead atoms. The maximum absolute atomic E-state index is 12.2. The van der Waals surface area contributed by atoms with Crippen LogP contribution in [0.1, 0.15) is 12.0 Å². The normalized spacial score (nSPS) is 12.8. The highest BCUT2D eigenvalue weighted by Crippen LogP contribution is 2.31. The summed E-state index contributed by atoms with van der Waals surface area (Å²) >= 11 is 0. The summed E-state index contributed by atoms with van der Waals surface area (Å²) in [6.45, 7) is 0.274.